The van der Waals surface area contributed by atoms with Gasteiger partial charge in [-0.3, -0.25) is 4.79 Å². The van der Waals surface area contributed by atoms with Crippen molar-refractivity contribution in [3.8, 4) is 0 Å². The minimum absolute atomic E-state index is 0.0254. The van der Waals surface area contributed by atoms with Crippen LogP contribution in [0.15, 0.2) is 0 Å². The Kier molecular flexibility index (Phi) is 4.88. The van der Waals surface area contributed by atoms with Crippen molar-refractivity contribution in [3.63, 3.8) is 0 Å². The first-order chi connectivity index (χ1) is 6.99. The summed E-state index contributed by atoms with van der Waals surface area (Å²) >= 11 is 1.72. The number of nitrogens with one attached hydrogen (secondary N) is 1. The first-order valence-corrected chi connectivity index (χ1v) is 7.60. The van der Waals surface area contributed by atoms with E-state index in [1.165, 1.54) is 0 Å². The molecule has 0 radical (unpaired) electrons. The van der Waals surface area contributed by atoms with Crippen molar-refractivity contribution in [1.29, 1.82) is 0 Å². The molecule has 1 unspecified atom stereocenters. The van der Waals surface area contributed by atoms with Crippen molar-refractivity contribution in [2.75, 3.05) is 17.3 Å². The van der Waals surface area contributed by atoms with E-state index in [0.717, 1.165) is 24.3 Å². The lowest BCUT2D eigenvalue weighted by Crippen LogP contribution is -2.39. The lowest BCUT2D eigenvalue weighted by Gasteiger charge is -2.22. The summed E-state index contributed by atoms with van der Waals surface area (Å²) in [6.07, 6.45) is 1.52. The van der Waals surface area contributed by atoms with Crippen LogP contribution in [0, 0.1) is 0 Å². The van der Waals surface area contributed by atoms with Gasteiger partial charge in [0, 0.05) is 11.8 Å². The number of carboxylic acid groups (broad SMARTS) is 1. The largest absolute Gasteiger partial charge is 0.481 e. The molecule has 0 aromatic rings. The average Bonchev–Trinajstić information content (AvgIpc) is 2.16. The second-order valence-electron chi connectivity index (χ2n) is 3.49. The molecule has 0 saturated carbocycles. The first-order valence-electron chi connectivity index (χ1n) is 4.79. The molecule has 1 aliphatic rings. The van der Waals surface area contributed by atoms with E-state index in [1.54, 1.807) is 11.8 Å². The van der Waals surface area contributed by atoms with E-state index in [2.05, 4.69) is 4.72 Å². The van der Waals surface area contributed by atoms with E-state index in [1.807, 2.05) is 0 Å². The SMILES string of the molecule is O=C(O)CCS(=O)(=O)NC1CCCSC1. The van der Waals surface area contributed by atoms with Crippen LogP contribution < -0.4 is 4.72 Å². The van der Waals surface area contributed by atoms with Crippen molar-refractivity contribution in [1.82, 2.24) is 4.72 Å². The molecular weight excluding hydrogens is 238 g/mol. The van der Waals surface area contributed by atoms with Crippen LogP contribution >= 0.6 is 11.8 Å². The standard InChI is InChI=1S/C8H15NO4S2/c10-8(11)3-5-15(12,13)9-7-2-1-4-14-6-7/h7,9H,1-6H2,(H,10,11). The number of aliphatic carboxylic acids is 1. The van der Waals surface area contributed by atoms with Crippen LogP contribution in [-0.2, 0) is 14.8 Å². The molecule has 2 N–H and O–H groups in total. The normalized spacial score (nSPS) is 22.5. The molecule has 1 heterocycles. The zero-order valence-electron chi connectivity index (χ0n) is 8.31. The van der Waals surface area contributed by atoms with E-state index in [4.69, 9.17) is 5.11 Å². The summed E-state index contributed by atoms with van der Waals surface area (Å²) in [5, 5.41) is 8.39. The minimum Gasteiger partial charge on any atom is -0.481 e. The maximum Gasteiger partial charge on any atom is 0.304 e. The van der Waals surface area contributed by atoms with Gasteiger partial charge in [-0.2, -0.15) is 11.8 Å². The quantitative estimate of drug-likeness (QED) is 0.735. The van der Waals surface area contributed by atoms with Gasteiger partial charge in [0.1, 0.15) is 0 Å². The highest BCUT2D eigenvalue weighted by molar-refractivity contribution is 7.99. The van der Waals surface area contributed by atoms with Gasteiger partial charge >= 0.3 is 5.97 Å². The van der Waals surface area contributed by atoms with Gasteiger partial charge in [-0.15, -0.1) is 0 Å². The van der Waals surface area contributed by atoms with Crippen molar-refractivity contribution in [3.05, 3.63) is 0 Å². The zero-order chi connectivity index (χ0) is 11.3. The molecule has 1 fully saturated rings. The third-order valence-corrected chi connectivity index (χ3v) is 4.74. The van der Waals surface area contributed by atoms with E-state index < -0.39 is 16.0 Å². The predicted octanol–water partition coefficient (Wildman–Crippen LogP) is 0.276. The summed E-state index contributed by atoms with van der Waals surface area (Å²) in [4.78, 5) is 10.2. The fourth-order valence-electron chi connectivity index (χ4n) is 1.37. The maximum atomic E-state index is 11.4. The zero-order valence-corrected chi connectivity index (χ0v) is 9.94. The van der Waals surface area contributed by atoms with Crippen molar-refractivity contribution < 1.29 is 18.3 Å². The van der Waals surface area contributed by atoms with Gasteiger partial charge in [0.25, 0.3) is 0 Å². The fourth-order valence-corrected chi connectivity index (χ4v) is 3.82. The van der Waals surface area contributed by atoms with Crippen LogP contribution in [0.3, 0.4) is 0 Å². The van der Waals surface area contributed by atoms with Crippen LogP contribution in [0.5, 0.6) is 0 Å². The van der Waals surface area contributed by atoms with Crippen molar-refractivity contribution in [2.24, 2.45) is 0 Å². The van der Waals surface area contributed by atoms with Gasteiger partial charge in [0.05, 0.1) is 12.2 Å². The Morgan fingerprint density at radius 3 is 2.80 bits per heavy atom. The summed E-state index contributed by atoms with van der Waals surface area (Å²) < 4.78 is 25.4. The topological polar surface area (TPSA) is 83.5 Å². The predicted molar refractivity (Wildman–Crippen MR) is 59.5 cm³/mol. The van der Waals surface area contributed by atoms with Gasteiger partial charge in [0.2, 0.25) is 10.0 Å². The summed E-state index contributed by atoms with van der Waals surface area (Å²) in [5.41, 5.74) is 0. The molecule has 88 valence electrons. The Hall–Kier alpha value is -0.270. The molecule has 0 aromatic heterocycles. The van der Waals surface area contributed by atoms with Crippen LogP contribution in [0.25, 0.3) is 0 Å². The van der Waals surface area contributed by atoms with E-state index in [0.29, 0.717) is 0 Å². The average molecular weight is 253 g/mol. The highest BCUT2D eigenvalue weighted by Gasteiger charge is 2.20. The Morgan fingerprint density at radius 1 is 1.53 bits per heavy atom. The van der Waals surface area contributed by atoms with Gasteiger partial charge in [-0.05, 0) is 18.6 Å². The van der Waals surface area contributed by atoms with Crippen molar-refractivity contribution >= 4 is 27.8 Å². The summed E-state index contributed by atoms with van der Waals surface area (Å²) in [5.74, 6) is 0.446. The number of rotatable bonds is 5. The highest BCUT2D eigenvalue weighted by Crippen LogP contribution is 2.17. The molecule has 1 saturated heterocycles. The number of sulfonamides is 1. The molecule has 1 rings (SSSR count). The Labute approximate surface area is 93.7 Å². The Balaban J connectivity index is 2.37. The van der Waals surface area contributed by atoms with E-state index in [9.17, 15) is 13.2 Å². The minimum atomic E-state index is -3.42. The van der Waals surface area contributed by atoms with Gasteiger partial charge in [0.15, 0.2) is 0 Å². The van der Waals surface area contributed by atoms with Crippen LogP contribution in [0.2, 0.25) is 0 Å². The third kappa shape index (κ3) is 5.39. The number of hydrogen-bond acceptors (Lipinski definition) is 4. The third-order valence-electron chi connectivity index (χ3n) is 2.09. The van der Waals surface area contributed by atoms with Gasteiger partial charge in [-0.25, -0.2) is 13.1 Å². The molecule has 0 amide bonds. The second-order valence-corrected chi connectivity index (χ2v) is 6.52. The summed E-state index contributed by atoms with van der Waals surface area (Å²) in [6.45, 7) is 0. The maximum absolute atomic E-state index is 11.4. The highest BCUT2D eigenvalue weighted by atomic mass is 32.2. The molecule has 1 aliphatic heterocycles. The van der Waals surface area contributed by atoms with E-state index in [-0.39, 0.29) is 18.2 Å². The molecule has 15 heavy (non-hydrogen) atoms. The lowest BCUT2D eigenvalue weighted by atomic mass is 10.2. The first kappa shape index (κ1) is 12.8. The second kappa shape index (κ2) is 5.72. The molecule has 1 atom stereocenters. The molecule has 0 aromatic carbocycles. The van der Waals surface area contributed by atoms with Crippen LogP contribution in [0.4, 0.5) is 0 Å². The van der Waals surface area contributed by atoms with Gasteiger partial charge in [-0.1, -0.05) is 0 Å². The number of carboxylic acids is 1. The Morgan fingerprint density at radius 2 is 2.27 bits per heavy atom. The monoisotopic (exact) mass is 253 g/mol. The molecule has 0 aliphatic carbocycles. The molecular formula is C8H15NO4S2. The fraction of sp³-hybridized carbons (Fsp3) is 0.875. The van der Waals surface area contributed by atoms with E-state index >= 15 is 0 Å². The van der Waals surface area contributed by atoms with Crippen molar-refractivity contribution in [2.45, 2.75) is 25.3 Å². The number of thioether (sulfide) groups is 1. The lowest BCUT2D eigenvalue weighted by molar-refractivity contribution is -0.136. The number of carbonyl (C=O) groups is 1. The van der Waals surface area contributed by atoms with Crippen LogP contribution in [-0.4, -0.2) is 42.8 Å². The summed E-state index contributed by atoms with van der Waals surface area (Å²) in [7, 11) is -3.42. The smallest absolute Gasteiger partial charge is 0.304 e. The Bertz CT molecular complexity index is 309. The number of hydrogen-bond donors (Lipinski definition) is 2. The summed E-state index contributed by atoms with van der Waals surface area (Å²) in [6, 6.07) is -0.0254. The molecule has 0 spiro atoms. The van der Waals surface area contributed by atoms with Gasteiger partial charge < -0.3 is 5.11 Å². The van der Waals surface area contributed by atoms with Crippen LogP contribution in [0.1, 0.15) is 19.3 Å². The molecule has 0 bridgehead atoms. The molecule has 7 heteroatoms. The molecule has 5 nitrogen and oxygen atoms in total.